The Labute approximate surface area is 197 Å². The van der Waals surface area contributed by atoms with Crippen molar-refractivity contribution in [3.05, 3.63) is 70.7 Å². The monoisotopic (exact) mass is 470 g/mol. The van der Waals surface area contributed by atoms with Crippen molar-refractivity contribution < 1.29 is 23.9 Å². The molecule has 2 aromatic rings. The van der Waals surface area contributed by atoms with Crippen LogP contribution in [0, 0.1) is 5.92 Å². The molecule has 2 fully saturated rings. The molecule has 174 valence electrons. The van der Waals surface area contributed by atoms with Gasteiger partial charge in [0.05, 0.1) is 18.8 Å². The number of carbonyl (C=O) groups excluding carboxylic acids is 3. The van der Waals surface area contributed by atoms with Crippen LogP contribution >= 0.6 is 11.6 Å². The van der Waals surface area contributed by atoms with Crippen LogP contribution in [0.5, 0.6) is 0 Å². The van der Waals surface area contributed by atoms with Crippen molar-refractivity contribution in [3.8, 4) is 0 Å². The van der Waals surface area contributed by atoms with Gasteiger partial charge in [0.15, 0.2) is 0 Å². The second kappa shape index (κ2) is 10.8. The molecule has 2 aliphatic heterocycles. The zero-order valence-corrected chi connectivity index (χ0v) is 18.9. The number of cyclic esters (lactones) is 1. The molecule has 4 rings (SSSR count). The summed E-state index contributed by atoms with van der Waals surface area (Å²) in [5.74, 6) is -1.30. The van der Waals surface area contributed by atoms with Crippen LogP contribution < -0.4 is 10.6 Å². The fourth-order valence-electron chi connectivity index (χ4n) is 4.01. The third kappa shape index (κ3) is 6.79. The van der Waals surface area contributed by atoms with Crippen LogP contribution in [0.15, 0.2) is 54.6 Å². The van der Waals surface area contributed by atoms with Crippen LogP contribution in [0.25, 0.3) is 0 Å². The third-order valence-electron chi connectivity index (χ3n) is 5.95. The van der Waals surface area contributed by atoms with Gasteiger partial charge in [0.25, 0.3) is 0 Å². The number of hydrogen-bond donors (Lipinski definition) is 2. The average molecular weight is 471 g/mol. The molecule has 2 saturated heterocycles. The first kappa shape index (κ1) is 23.3. The molecule has 0 aliphatic carbocycles. The van der Waals surface area contributed by atoms with Crippen molar-refractivity contribution in [1.82, 2.24) is 10.6 Å². The van der Waals surface area contributed by atoms with Crippen molar-refractivity contribution >= 4 is 29.4 Å². The average Bonchev–Trinajstić information content (AvgIpc) is 3.57. The van der Waals surface area contributed by atoms with Gasteiger partial charge in [0, 0.05) is 30.3 Å². The molecule has 0 radical (unpaired) electrons. The quantitative estimate of drug-likeness (QED) is 0.516. The Kier molecular flexibility index (Phi) is 7.62. The predicted molar refractivity (Wildman–Crippen MR) is 122 cm³/mol. The van der Waals surface area contributed by atoms with E-state index in [0.717, 1.165) is 11.1 Å². The lowest BCUT2D eigenvalue weighted by Gasteiger charge is -2.22. The number of nitrogens with one attached hydrogen (secondary N) is 2. The number of hydrogen-bond acceptors (Lipinski definition) is 5. The van der Waals surface area contributed by atoms with E-state index in [0.29, 0.717) is 24.4 Å². The number of halogens is 1. The topological polar surface area (TPSA) is 97.0 Å². The van der Waals surface area contributed by atoms with Crippen molar-refractivity contribution in [1.29, 1.82) is 0 Å². The summed E-state index contributed by atoms with van der Waals surface area (Å²) in [6.45, 7) is 0.505. The second-order valence-corrected chi connectivity index (χ2v) is 8.86. The molecule has 0 bridgehead atoms. The van der Waals surface area contributed by atoms with E-state index in [1.165, 1.54) is 0 Å². The Morgan fingerprint density at radius 1 is 1.06 bits per heavy atom. The lowest BCUT2D eigenvalue weighted by molar-refractivity contribution is -0.150. The van der Waals surface area contributed by atoms with Crippen molar-refractivity contribution in [3.63, 3.8) is 0 Å². The molecule has 2 aromatic carbocycles. The number of carbonyl (C=O) groups is 3. The molecule has 2 aliphatic rings. The SMILES string of the molecule is O=C(C[C@@H]1C[C@H]2O[C@@H]2CCC(=O)OC(c2ccccc2)CNC1=O)NCc1ccc(Cl)cc1. The van der Waals surface area contributed by atoms with Crippen LogP contribution in [0.3, 0.4) is 0 Å². The number of benzene rings is 2. The summed E-state index contributed by atoms with van der Waals surface area (Å²) in [5, 5.41) is 6.38. The summed E-state index contributed by atoms with van der Waals surface area (Å²) >= 11 is 5.90. The van der Waals surface area contributed by atoms with Crippen molar-refractivity contribution in [2.24, 2.45) is 5.92 Å². The Bertz CT molecular complexity index is 982. The fraction of sp³-hybridized carbons (Fsp3) is 0.400. The van der Waals surface area contributed by atoms with Crippen LogP contribution in [0.1, 0.15) is 42.9 Å². The van der Waals surface area contributed by atoms with E-state index in [-0.39, 0.29) is 49.4 Å². The first-order valence-electron chi connectivity index (χ1n) is 11.2. The number of fused-ring (bicyclic) bond motifs is 1. The highest BCUT2D eigenvalue weighted by atomic mass is 35.5. The maximum absolute atomic E-state index is 13.0. The van der Waals surface area contributed by atoms with E-state index in [9.17, 15) is 14.4 Å². The maximum Gasteiger partial charge on any atom is 0.306 e. The molecule has 2 amide bonds. The molecule has 4 atom stereocenters. The van der Waals surface area contributed by atoms with E-state index in [1.54, 1.807) is 12.1 Å². The maximum atomic E-state index is 13.0. The van der Waals surface area contributed by atoms with Gasteiger partial charge in [-0.1, -0.05) is 54.1 Å². The van der Waals surface area contributed by atoms with Gasteiger partial charge in [0.1, 0.15) is 6.10 Å². The molecule has 0 aromatic heterocycles. The molecule has 2 heterocycles. The first-order chi connectivity index (χ1) is 16.0. The van der Waals surface area contributed by atoms with Crippen LogP contribution in [0.4, 0.5) is 0 Å². The molecular formula is C25H27ClN2O5. The molecule has 33 heavy (non-hydrogen) atoms. The fourth-order valence-corrected chi connectivity index (χ4v) is 4.14. The highest BCUT2D eigenvalue weighted by Crippen LogP contribution is 2.34. The lowest BCUT2D eigenvalue weighted by Crippen LogP contribution is -2.38. The van der Waals surface area contributed by atoms with E-state index >= 15 is 0 Å². The Morgan fingerprint density at radius 3 is 2.58 bits per heavy atom. The van der Waals surface area contributed by atoms with Crippen LogP contribution in [-0.2, 0) is 30.4 Å². The molecule has 0 saturated carbocycles. The standard InChI is InChI=1S/C25H27ClN2O5/c26-19-8-6-16(7-9-19)14-27-23(29)13-18-12-21-20(32-21)10-11-24(30)33-22(15-28-25(18)31)17-4-2-1-3-5-17/h1-9,18,20-22H,10-15H2,(H,27,29)(H,28,31)/t18-,20+,21+,22?/m0/s1. The number of esters is 1. The van der Waals surface area contributed by atoms with E-state index in [1.807, 2.05) is 42.5 Å². The summed E-state index contributed by atoms with van der Waals surface area (Å²) < 4.78 is 11.3. The van der Waals surface area contributed by atoms with E-state index in [4.69, 9.17) is 21.1 Å². The summed E-state index contributed by atoms with van der Waals surface area (Å²) in [7, 11) is 0. The summed E-state index contributed by atoms with van der Waals surface area (Å²) in [5.41, 5.74) is 1.73. The van der Waals surface area contributed by atoms with Gasteiger partial charge in [-0.05, 0) is 36.1 Å². The minimum atomic E-state index is -0.586. The Morgan fingerprint density at radius 2 is 1.82 bits per heavy atom. The molecular weight excluding hydrogens is 444 g/mol. The highest BCUT2D eigenvalue weighted by Gasteiger charge is 2.42. The number of epoxide rings is 1. The zero-order valence-electron chi connectivity index (χ0n) is 18.2. The highest BCUT2D eigenvalue weighted by molar-refractivity contribution is 6.30. The molecule has 7 nitrogen and oxygen atoms in total. The van der Waals surface area contributed by atoms with Gasteiger partial charge in [-0.15, -0.1) is 0 Å². The Balaban J connectivity index is 1.39. The minimum absolute atomic E-state index is 0.0573. The smallest absolute Gasteiger partial charge is 0.306 e. The van der Waals surface area contributed by atoms with E-state index < -0.39 is 12.0 Å². The molecule has 1 unspecified atom stereocenters. The zero-order chi connectivity index (χ0) is 23.2. The van der Waals surface area contributed by atoms with Crippen molar-refractivity contribution in [2.75, 3.05) is 6.54 Å². The predicted octanol–water partition coefficient (Wildman–Crippen LogP) is 3.31. The molecule has 2 N–H and O–H groups in total. The number of amides is 2. The van der Waals surface area contributed by atoms with Gasteiger partial charge >= 0.3 is 5.97 Å². The van der Waals surface area contributed by atoms with Gasteiger partial charge in [-0.2, -0.15) is 0 Å². The first-order valence-corrected chi connectivity index (χ1v) is 11.5. The third-order valence-corrected chi connectivity index (χ3v) is 6.20. The van der Waals surface area contributed by atoms with Crippen LogP contribution in [0.2, 0.25) is 5.02 Å². The normalized spacial score (nSPS) is 25.5. The summed E-state index contributed by atoms with van der Waals surface area (Å²) in [4.78, 5) is 37.9. The number of ether oxygens (including phenoxy) is 2. The summed E-state index contributed by atoms with van der Waals surface area (Å²) in [6.07, 6.45) is 0.503. The molecule has 0 spiro atoms. The van der Waals surface area contributed by atoms with Crippen molar-refractivity contribution in [2.45, 2.75) is 50.5 Å². The summed E-state index contributed by atoms with van der Waals surface area (Å²) in [6, 6.07) is 16.5. The minimum Gasteiger partial charge on any atom is -0.456 e. The van der Waals surface area contributed by atoms with E-state index in [2.05, 4.69) is 10.6 Å². The number of rotatable bonds is 5. The van der Waals surface area contributed by atoms with Gasteiger partial charge in [-0.25, -0.2) is 0 Å². The Hall–Kier alpha value is -2.90. The molecule has 8 heteroatoms. The van der Waals surface area contributed by atoms with Gasteiger partial charge in [0.2, 0.25) is 11.8 Å². The van der Waals surface area contributed by atoms with Crippen LogP contribution in [-0.4, -0.2) is 36.5 Å². The van der Waals surface area contributed by atoms with Gasteiger partial charge < -0.3 is 20.1 Å². The second-order valence-electron chi connectivity index (χ2n) is 8.43. The van der Waals surface area contributed by atoms with Gasteiger partial charge in [-0.3, -0.25) is 14.4 Å². The lowest BCUT2D eigenvalue weighted by atomic mass is 9.95. The largest absolute Gasteiger partial charge is 0.456 e.